The fourth-order valence-corrected chi connectivity index (χ4v) is 10.6. The smallest absolute Gasteiger partial charge is 0.297 e. The Bertz CT molecular complexity index is 2760. The Hall–Kier alpha value is -5.22. The number of allylic oxidation sites excluding steroid dienone is 3. The molecule has 0 bridgehead atoms. The molecule has 2 aliphatic heterocycles. The quantitative estimate of drug-likeness (QED) is 0.167. The first kappa shape index (κ1) is 38.0. The van der Waals surface area contributed by atoms with Crippen LogP contribution in [0.2, 0.25) is 0 Å². The van der Waals surface area contributed by atoms with Crippen LogP contribution in [0.25, 0.3) is 21.9 Å². The molecule has 0 N–H and O–H groups in total. The van der Waals surface area contributed by atoms with Crippen LogP contribution < -0.4 is 26.4 Å². The second kappa shape index (κ2) is 12.9. The number of hydrogen-bond donors (Lipinski definition) is 0. The maximum absolute atomic E-state index is 7.57. The molecule has 6 aromatic rings. The third-order valence-corrected chi connectivity index (χ3v) is 14.2. The molecule has 4 heteroatoms. The summed E-state index contributed by atoms with van der Waals surface area (Å²) in [6.45, 7) is 26.0. The summed E-state index contributed by atoms with van der Waals surface area (Å²) in [5.74, 6) is 1.65. The van der Waals surface area contributed by atoms with Gasteiger partial charge in [-0.3, -0.25) is 0 Å². The number of furan rings is 1. The van der Waals surface area contributed by atoms with Gasteiger partial charge in [-0.15, -0.1) is 0 Å². The maximum atomic E-state index is 7.57. The van der Waals surface area contributed by atoms with E-state index in [0.29, 0.717) is 5.92 Å². The van der Waals surface area contributed by atoms with Gasteiger partial charge in [0.25, 0.3) is 6.71 Å². The SMILES string of the molecule is Cc1cc2c3c(c1)N(c1ccccc1-c1ccc4ccccc4c1)c1cc(C(C)(C)C)ccc1B3c1oc3c(c1N2C1=CCC(C(C)(C)C)C=C1)C(C)(C)CCC3(C)C. The van der Waals surface area contributed by atoms with Gasteiger partial charge in [0.15, 0.2) is 0 Å². The van der Waals surface area contributed by atoms with Crippen molar-refractivity contribution in [1.82, 2.24) is 0 Å². The van der Waals surface area contributed by atoms with Gasteiger partial charge in [-0.2, -0.15) is 0 Å². The number of fused-ring (bicyclic) bond motifs is 7. The lowest BCUT2D eigenvalue weighted by Crippen LogP contribution is -2.61. The second-order valence-electron chi connectivity index (χ2n) is 21.4. The Balaban J connectivity index is 1.29. The minimum absolute atomic E-state index is 0.0341. The molecule has 0 saturated heterocycles. The number of anilines is 5. The van der Waals surface area contributed by atoms with Crippen molar-refractivity contribution in [2.24, 2.45) is 11.3 Å². The molecule has 0 amide bonds. The summed E-state index contributed by atoms with van der Waals surface area (Å²) in [5, 5.41) is 2.51. The summed E-state index contributed by atoms with van der Waals surface area (Å²) in [7, 11) is 0. The highest BCUT2D eigenvalue weighted by atomic mass is 16.3. The number of benzene rings is 5. The molecule has 3 nitrogen and oxygen atoms in total. The Morgan fingerprint density at radius 1 is 0.695 bits per heavy atom. The zero-order chi connectivity index (χ0) is 41.4. The second-order valence-corrected chi connectivity index (χ2v) is 21.4. The van der Waals surface area contributed by atoms with E-state index in [4.69, 9.17) is 4.42 Å². The van der Waals surface area contributed by atoms with E-state index in [9.17, 15) is 0 Å². The van der Waals surface area contributed by atoms with Crippen LogP contribution in [0.4, 0.5) is 28.4 Å². The van der Waals surface area contributed by atoms with Crippen LogP contribution >= 0.6 is 0 Å². The average molecular weight is 775 g/mol. The Labute approximate surface area is 352 Å². The van der Waals surface area contributed by atoms with Crippen molar-refractivity contribution in [3.63, 3.8) is 0 Å². The summed E-state index contributed by atoms with van der Waals surface area (Å²) in [4.78, 5) is 5.22. The van der Waals surface area contributed by atoms with Gasteiger partial charge in [0.1, 0.15) is 5.76 Å². The molecule has 1 aromatic heterocycles. The summed E-state index contributed by atoms with van der Waals surface area (Å²) in [6, 6.07) is 36.8. The van der Waals surface area contributed by atoms with Crippen molar-refractivity contribution >= 4 is 62.5 Å². The van der Waals surface area contributed by atoms with E-state index >= 15 is 0 Å². The Kier molecular flexibility index (Phi) is 8.31. The summed E-state index contributed by atoms with van der Waals surface area (Å²) < 4.78 is 7.57. The van der Waals surface area contributed by atoms with E-state index in [1.165, 1.54) is 89.4 Å². The highest BCUT2D eigenvalue weighted by molar-refractivity contribution is 6.99. The zero-order valence-electron chi connectivity index (χ0n) is 37.0. The highest BCUT2D eigenvalue weighted by Crippen LogP contribution is 2.55. The monoisotopic (exact) mass is 774 g/mol. The number of hydrogen-bond acceptors (Lipinski definition) is 3. The van der Waals surface area contributed by atoms with Crippen molar-refractivity contribution in [2.45, 2.75) is 112 Å². The molecule has 0 saturated carbocycles. The molecular weight excluding hydrogens is 715 g/mol. The zero-order valence-corrected chi connectivity index (χ0v) is 37.0. The molecular formula is C55H59BN2O. The van der Waals surface area contributed by atoms with Crippen molar-refractivity contribution < 1.29 is 4.42 Å². The van der Waals surface area contributed by atoms with Crippen molar-refractivity contribution in [2.75, 3.05) is 9.80 Å². The van der Waals surface area contributed by atoms with Crippen LogP contribution in [0, 0.1) is 18.3 Å². The van der Waals surface area contributed by atoms with E-state index < -0.39 is 0 Å². The fourth-order valence-electron chi connectivity index (χ4n) is 10.6. The van der Waals surface area contributed by atoms with Crippen LogP contribution in [0.15, 0.2) is 125 Å². The lowest BCUT2D eigenvalue weighted by molar-refractivity contribution is 0.282. The number of para-hydroxylation sites is 1. The first-order valence-electron chi connectivity index (χ1n) is 22.0. The standard InChI is InChI=1S/C55H59BN2O/c1-34-30-45-48-46(31-34)58(43-19-15-14-18-41(43)37-21-20-35-16-12-13-17-36(35)32-37)44-33-39(53(5,6)7)24-27-42(44)56(48)51-49(47-50(59-51)55(10,11)29-28-54(47,8)9)57(45)40-25-22-38(23-26-40)52(2,3)4/h12-22,24-27,30-33,38H,23,28-29H2,1-11H3. The van der Waals surface area contributed by atoms with Gasteiger partial charge in [0.05, 0.1) is 17.0 Å². The molecule has 298 valence electrons. The number of nitrogens with zero attached hydrogens (tertiary/aromatic N) is 2. The molecule has 1 atom stereocenters. The van der Waals surface area contributed by atoms with Gasteiger partial charge in [0, 0.05) is 39.3 Å². The van der Waals surface area contributed by atoms with Crippen molar-refractivity contribution in [1.29, 1.82) is 0 Å². The van der Waals surface area contributed by atoms with Crippen LogP contribution in [0.5, 0.6) is 0 Å². The summed E-state index contributed by atoms with van der Waals surface area (Å²) in [6.07, 6.45) is 10.6. The lowest BCUT2D eigenvalue weighted by Gasteiger charge is -2.45. The van der Waals surface area contributed by atoms with E-state index in [0.717, 1.165) is 24.9 Å². The maximum Gasteiger partial charge on any atom is 0.297 e. The van der Waals surface area contributed by atoms with Gasteiger partial charge in [-0.25, -0.2) is 0 Å². The molecule has 2 aliphatic carbocycles. The molecule has 0 fully saturated rings. The molecule has 5 aromatic carbocycles. The number of rotatable bonds is 3. The topological polar surface area (TPSA) is 19.6 Å². The lowest BCUT2D eigenvalue weighted by atomic mass is 9.35. The summed E-state index contributed by atoms with van der Waals surface area (Å²) in [5.41, 5.74) is 17.6. The molecule has 4 aliphatic rings. The largest absolute Gasteiger partial charge is 0.472 e. The predicted molar refractivity (Wildman–Crippen MR) is 253 cm³/mol. The van der Waals surface area contributed by atoms with Gasteiger partial charge in [-0.1, -0.05) is 148 Å². The van der Waals surface area contributed by atoms with Crippen molar-refractivity contribution in [3.05, 3.63) is 143 Å². The van der Waals surface area contributed by atoms with Crippen LogP contribution in [-0.2, 0) is 16.2 Å². The molecule has 1 unspecified atom stereocenters. The van der Waals surface area contributed by atoms with E-state index in [1.807, 2.05) is 0 Å². The van der Waals surface area contributed by atoms with E-state index in [1.54, 1.807) is 0 Å². The Morgan fingerprint density at radius 2 is 1.39 bits per heavy atom. The number of aryl methyl sites for hydroxylation is 1. The van der Waals surface area contributed by atoms with Crippen LogP contribution in [0.1, 0.15) is 111 Å². The first-order valence-corrected chi connectivity index (χ1v) is 22.0. The molecule has 10 rings (SSSR count). The highest BCUT2D eigenvalue weighted by Gasteiger charge is 2.52. The van der Waals surface area contributed by atoms with Gasteiger partial charge in [0.2, 0.25) is 0 Å². The van der Waals surface area contributed by atoms with Crippen LogP contribution in [0.3, 0.4) is 0 Å². The van der Waals surface area contributed by atoms with Gasteiger partial charge >= 0.3 is 0 Å². The minimum Gasteiger partial charge on any atom is -0.472 e. The van der Waals surface area contributed by atoms with Gasteiger partial charge in [-0.05, 0) is 123 Å². The first-order chi connectivity index (χ1) is 27.9. The minimum atomic E-state index is -0.0780. The normalized spacial score (nSPS) is 18.9. The fraction of sp³-hybridized carbons (Fsp3) is 0.345. The average Bonchev–Trinajstić information content (AvgIpc) is 3.62. The third kappa shape index (κ3) is 5.91. The summed E-state index contributed by atoms with van der Waals surface area (Å²) >= 11 is 0. The third-order valence-electron chi connectivity index (χ3n) is 14.2. The van der Waals surface area contributed by atoms with Crippen molar-refractivity contribution in [3.8, 4) is 11.1 Å². The molecule has 0 spiro atoms. The predicted octanol–water partition coefficient (Wildman–Crippen LogP) is 13.3. The molecule has 59 heavy (non-hydrogen) atoms. The molecule has 3 heterocycles. The van der Waals surface area contributed by atoms with Crippen LogP contribution in [-0.4, -0.2) is 6.71 Å². The molecule has 0 radical (unpaired) electrons. The van der Waals surface area contributed by atoms with Gasteiger partial charge < -0.3 is 14.2 Å². The van der Waals surface area contributed by atoms with E-state index in [2.05, 4.69) is 201 Å². The Morgan fingerprint density at radius 3 is 2.10 bits per heavy atom. The van der Waals surface area contributed by atoms with E-state index in [-0.39, 0.29) is 28.4 Å².